The van der Waals surface area contributed by atoms with Gasteiger partial charge in [-0.1, -0.05) is 24.8 Å². The Morgan fingerprint density at radius 3 is 2.86 bits per heavy atom. The van der Waals surface area contributed by atoms with E-state index in [-0.39, 0.29) is 6.04 Å². The highest BCUT2D eigenvalue weighted by Gasteiger charge is 2.21. The number of hydrogen-bond donors (Lipinski definition) is 1. The van der Waals surface area contributed by atoms with Crippen LogP contribution in [0.25, 0.3) is 0 Å². The summed E-state index contributed by atoms with van der Waals surface area (Å²) in [5.41, 5.74) is 1.12. The molecule has 1 unspecified atom stereocenters. The molecule has 0 aliphatic heterocycles. The summed E-state index contributed by atoms with van der Waals surface area (Å²) < 4.78 is 6.10. The lowest BCUT2D eigenvalue weighted by atomic mass is 10.1. The zero-order chi connectivity index (χ0) is 15.1. The molecule has 0 bridgehead atoms. The lowest BCUT2D eigenvalue weighted by Crippen LogP contribution is -2.25. The lowest BCUT2D eigenvalue weighted by Gasteiger charge is -2.17. The Balaban J connectivity index is 2.19. The monoisotopic (exact) mass is 308 g/mol. The van der Waals surface area contributed by atoms with E-state index in [1.807, 2.05) is 4.68 Å². The number of aromatic nitrogens is 5. The number of rotatable bonds is 9. The summed E-state index contributed by atoms with van der Waals surface area (Å²) in [4.78, 5) is 5.64. The smallest absolute Gasteiger partial charge is 0.138 e. The number of nitrogens with one attached hydrogen (secondary N) is 1. The highest BCUT2D eigenvalue weighted by atomic mass is 32.1. The molecule has 2 heterocycles. The molecule has 0 spiro atoms. The molecule has 21 heavy (non-hydrogen) atoms. The molecule has 1 atom stereocenters. The highest BCUT2D eigenvalue weighted by Crippen LogP contribution is 2.24. The largest absolute Gasteiger partial charge is 0.309 e. The minimum absolute atomic E-state index is 0.223. The van der Waals surface area contributed by atoms with E-state index in [0.717, 1.165) is 50.3 Å². The van der Waals surface area contributed by atoms with Crippen molar-refractivity contribution in [2.45, 2.75) is 59.0 Å². The molecule has 0 amide bonds. The average molecular weight is 308 g/mol. The maximum atomic E-state index is 4.40. The summed E-state index contributed by atoms with van der Waals surface area (Å²) in [5.74, 6) is 1.02. The molecule has 2 rings (SSSR count). The Morgan fingerprint density at radius 2 is 2.14 bits per heavy atom. The quantitative estimate of drug-likeness (QED) is 0.770. The maximum Gasteiger partial charge on any atom is 0.138 e. The molecule has 6 nitrogen and oxygen atoms in total. The topological polar surface area (TPSA) is 68.5 Å². The fourth-order valence-electron chi connectivity index (χ4n) is 2.36. The zero-order valence-corrected chi connectivity index (χ0v) is 13.9. The molecule has 2 aromatic heterocycles. The first-order valence-corrected chi connectivity index (χ1v) is 8.48. The summed E-state index contributed by atoms with van der Waals surface area (Å²) in [5, 5.41) is 12.2. The van der Waals surface area contributed by atoms with Gasteiger partial charge in [0.1, 0.15) is 12.2 Å². The predicted molar refractivity (Wildman–Crippen MR) is 84.3 cm³/mol. The molecule has 1 N–H and O–H groups in total. The van der Waals surface area contributed by atoms with Crippen LogP contribution >= 0.6 is 11.5 Å². The van der Waals surface area contributed by atoms with Gasteiger partial charge in [0.2, 0.25) is 0 Å². The summed E-state index contributed by atoms with van der Waals surface area (Å²) in [6, 6.07) is 0.223. The molecule has 0 radical (unpaired) electrons. The first-order valence-electron chi connectivity index (χ1n) is 7.71. The SMILES string of the molecule is CCCNC(Cc1ncnn1CC)c1snnc1CCC. The Labute approximate surface area is 130 Å². The van der Waals surface area contributed by atoms with Gasteiger partial charge in [-0.25, -0.2) is 4.98 Å². The van der Waals surface area contributed by atoms with Gasteiger partial charge in [-0.15, -0.1) is 5.10 Å². The standard InChI is InChI=1S/C14H24N6S/c1-4-7-11-14(21-19-18-11)12(15-8-5-2)9-13-16-10-17-20(13)6-3/h10,12,15H,4-9H2,1-3H3. The van der Waals surface area contributed by atoms with Gasteiger partial charge in [0.25, 0.3) is 0 Å². The van der Waals surface area contributed by atoms with Gasteiger partial charge in [-0.05, 0) is 37.8 Å². The van der Waals surface area contributed by atoms with E-state index in [0.29, 0.717) is 0 Å². The number of hydrogen-bond acceptors (Lipinski definition) is 6. The first-order chi connectivity index (χ1) is 10.3. The molecule has 0 saturated heterocycles. The molecule has 0 aromatic carbocycles. The third-order valence-corrected chi connectivity index (χ3v) is 4.29. The van der Waals surface area contributed by atoms with Crippen molar-refractivity contribution in [2.24, 2.45) is 0 Å². The third-order valence-electron chi connectivity index (χ3n) is 3.41. The van der Waals surface area contributed by atoms with Crippen LogP contribution in [-0.2, 0) is 19.4 Å². The van der Waals surface area contributed by atoms with Crippen LogP contribution in [0.15, 0.2) is 6.33 Å². The zero-order valence-electron chi connectivity index (χ0n) is 13.0. The molecule has 0 fully saturated rings. The first kappa shape index (κ1) is 16.0. The third kappa shape index (κ3) is 4.07. The number of aryl methyl sites for hydroxylation is 2. The summed E-state index contributed by atoms with van der Waals surface area (Å²) in [6.45, 7) is 8.26. The van der Waals surface area contributed by atoms with Crippen molar-refractivity contribution >= 4 is 11.5 Å². The molecular weight excluding hydrogens is 284 g/mol. The Kier molecular flexibility index (Phi) is 6.25. The fourth-order valence-corrected chi connectivity index (χ4v) is 3.13. The Hall–Kier alpha value is -1.34. The van der Waals surface area contributed by atoms with Crippen LogP contribution in [0.2, 0.25) is 0 Å². The normalized spacial score (nSPS) is 12.7. The van der Waals surface area contributed by atoms with Crippen molar-refractivity contribution in [3.8, 4) is 0 Å². The predicted octanol–water partition coefficient (Wildman–Crippen LogP) is 2.39. The number of nitrogens with zero attached hydrogens (tertiary/aromatic N) is 5. The van der Waals surface area contributed by atoms with Crippen LogP contribution in [0, 0.1) is 0 Å². The van der Waals surface area contributed by atoms with E-state index in [1.165, 1.54) is 16.4 Å². The summed E-state index contributed by atoms with van der Waals surface area (Å²) >= 11 is 1.50. The molecular formula is C14H24N6S. The maximum absolute atomic E-state index is 4.40. The highest BCUT2D eigenvalue weighted by molar-refractivity contribution is 7.05. The van der Waals surface area contributed by atoms with Gasteiger partial charge in [0, 0.05) is 13.0 Å². The van der Waals surface area contributed by atoms with Crippen LogP contribution in [0.3, 0.4) is 0 Å². The van der Waals surface area contributed by atoms with E-state index < -0.39 is 0 Å². The van der Waals surface area contributed by atoms with E-state index in [4.69, 9.17) is 0 Å². The van der Waals surface area contributed by atoms with E-state index >= 15 is 0 Å². The van der Waals surface area contributed by atoms with Crippen molar-refractivity contribution in [1.82, 2.24) is 29.7 Å². The van der Waals surface area contributed by atoms with Crippen LogP contribution in [0.1, 0.15) is 56.1 Å². The minimum Gasteiger partial charge on any atom is -0.309 e. The summed E-state index contributed by atoms with van der Waals surface area (Å²) in [6.07, 6.45) is 5.63. The molecule has 2 aromatic rings. The van der Waals surface area contributed by atoms with Gasteiger partial charge in [0.05, 0.1) is 16.6 Å². The lowest BCUT2D eigenvalue weighted by molar-refractivity contribution is 0.498. The van der Waals surface area contributed by atoms with Crippen molar-refractivity contribution in [3.63, 3.8) is 0 Å². The van der Waals surface area contributed by atoms with E-state index in [1.54, 1.807) is 6.33 Å². The second-order valence-electron chi connectivity index (χ2n) is 5.04. The van der Waals surface area contributed by atoms with Crippen LogP contribution in [0.4, 0.5) is 0 Å². The van der Waals surface area contributed by atoms with Crippen molar-refractivity contribution in [2.75, 3.05) is 6.54 Å². The van der Waals surface area contributed by atoms with Gasteiger partial charge in [-0.3, -0.25) is 4.68 Å². The molecule has 7 heteroatoms. The van der Waals surface area contributed by atoms with Gasteiger partial charge in [0.15, 0.2) is 0 Å². The van der Waals surface area contributed by atoms with Crippen LogP contribution < -0.4 is 5.32 Å². The van der Waals surface area contributed by atoms with Crippen LogP contribution in [0.5, 0.6) is 0 Å². The Bertz CT molecular complexity index is 535. The second-order valence-corrected chi connectivity index (χ2v) is 5.82. The molecule has 116 valence electrons. The van der Waals surface area contributed by atoms with Gasteiger partial charge in [-0.2, -0.15) is 5.10 Å². The Morgan fingerprint density at radius 1 is 1.29 bits per heavy atom. The van der Waals surface area contributed by atoms with Crippen molar-refractivity contribution in [3.05, 3.63) is 22.7 Å². The van der Waals surface area contributed by atoms with E-state index in [2.05, 4.69) is 45.8 Å². The summed E-state index contributed by atoms with van der Waals surface area (Å²) in [7, 11) is 0. The molecule has 0 saturated carbocycles. The van der Waals surface area contributed by atoms with Crippen LogP contribution in [-0.4, -0.2) is 30.9 Å². The van der Waals surface area contributed by atoms with Crippen molar-refractivity contribution in [1.29, 1.82) is 0 Å². The molecule has 0 aliphatic rings. The van der Waals surface area contributed by atoms with E-state index in [9.17, 15) is 0 Å². The van der Waals surface area contributed by atoms with Crippen molar-refractivity contribution < 1.29 is 0 Å². The second kappa shape index (κ2) is 8.19. The minimum atomic E-state index is 0.223. The van der Waals surface area contributed by atoms with Gasteiger partial charge < -0.3 is 5.32 Å². The average Bonchev–Trinajstić information content (AvgIpc) is 3.12. The fraction of sp³-hybridized carbons (Fsp3) is 0.714. The molecule has 0 aliphatic carbocycles. The van der Waals surface area contributed by atoms with Gasteiger partial charge >= 0.3 is 0 Å².